The smallest absolute Gasteiger partial charge is 0.227 e. The summed E-state index contributed by atoms with van der Waals surface area (Å²) in [7, 11) is -2.99. The van der Waals surface area contributed by atoms with Gasteiger partial charge in [0.15, 0.2) is 6.17 Å². The van der Waals surface area contributed by atoms with Gasteiger partial charge in [0.05, 0.1) is 25.5 Å². The molecule has 3 aromatic rings. The number of piperidine rings is 1. The Hall–Kier alpha value is -3.09. The van der Waals surface area contributed by atoms with Gasteiger partial charge in [-0.05, 0) is 35.1 Å². The van der Waals surface area contributed by atoms with Crippen molar-refractivity contribution in [3.63, 3.8) is 0 Å². The van der Waals surface area contributed by atoms with Crippen molar-refractivity contribution >= 4 is 43.9 Å². The summed E-state index contributed by atoms with van der Waals surface area (Å²) in [6.07, 6.45) is 3.93. The zero-order chi connectivity index (χ0) is 28.1. The Bertz CT molecular complexity index is 1510. The fraction of sp³-hybridized carbons (Fsp3) is 0.536. The highest BCUT2D eigenvalue weighted by Gasteiger charge is 2.49. The van der Waals surface area contributed by atoms with E-state index in [1.165, 1.54) is 11.8 Å². The minimum atomic E-state index is -2.99. The van der Waals surface area contributed by atoms with Crippen LogP contribution in [0.3, 0.4) is 0 Å². The van der Waals surface area contributed by atoms with Crippen LogP contribution in [0.15, 0.2) is 36.7 Å². The molecule has 3 fully saturated rings. The summed E-state index contributed by atoms with van der Waals surface area (Å²) in [6, 6.07) is 8.05. The lowest BCUT2D eigenvalue weighted by Gasteiger charge is -2.41. The van der Waals surface area contributed by atoms with Gasteiger partial charge in [-0.1, -0.05) is 19.9 Å². The fourth-order valence-electron chi connectivity index (χ4n) is 5.94. The minimum Gasteiger partial charge on any atom is -0.370 e. The molecule has 10 nitrogen and oxygen atoms in total. The van der Waals surface area contributed by atoms with Crippen molar-refractivity contribution < 1.29 is 22.3 Å². The van der Waals surface area contributed by atoms with E-state index < -0.39 is 21.8 Å². The highest BCUT2D eigenvalue weighted by Crippen LogP contribution is 2.38. The van der Waals surface area contributed by atoms with Gasteiger partial charge in [0.2, 0.25) is 11.7 Å². The zero-order valence-electron chi connectivity index (χ0n) is 23.0. The largest absolute Gasteiger partial charge is 0.370 e. The molecule has 1 N–H and O–H groups in total. The van der Waals surface area contributed by atoms with Crippen LogP contribution in [0.5, 0.6) is 0 Å². The van der Waals surface area contributed by atoms with Crippen LogP contribution in [-0.4, -0.2) is 86.7 Å². The first-order valence-electron chi connectivity index (χ1n) is 13.7. The Morgan fingerprint density at radius 3 is 2.55 bits per heavy atom. The predicted molar refractivity (Wildman–Crippen MR) is 153 cm³/mol. The Balaban J connectivity index is 1.22. The first-order valence-corrected chi connectivity index (χ1v) is 15.8. The van der Waals surface area contributed by atoms with Crippen LogP contribution in [0.25, 0.3) is 10.8 Å². The molecule has 0 aliphatic carbocycles. The molecule has 214 valence electrons. The van der Waals surface area contributed by atoms with Crippen molar-refractivity contribution in [3.8, 4) is 0 Å². The maximum absolute atomic E-state index is 15.0. The number of hydrogen-bond donors (Lipinski definition) is 1. The summed E-state index contributed by atoms with van der Waals surface area (Å²) in [5.41, 5.74) is 2.26. The maximum Gasteiger partial charge on any atom is 0.227 e. The van der Waals surface area contributed by atoms with E-state index in [4.69, 9.17) is 9.47 Å². The molecular weight excluding hydrogens is 535 g/mol. The van der Waals surface area contributed by atoms with Gasteiger partial charge in [0, 0.05) is 61.7 Å². The van der Waals surface area contributed by atoms with Crippen LogP contribution in [0, 0.1) is 5.92 Å². The molecule has 40 heavy (non-hydrogen) atoms. The van der Waals surface area contributed by atoms with Crippen LogP contribution in [0.4, 0.5) is 27.7 Å². The Labute approximate surface area is 233 Å². The third-order valence-corrected chi connectivity index (χ3v) is 8.99. The van der Waals surface area contributed by atoms with Crippen LogP contribution < -0.4 is 15.1 Å². The zero-order valence-corrected chi connectivity index (χ0v) is 23.8. The van der Waals surface area contributed by atoms with E-state index in [1.54, 1.807) is 12.3 Å². The van der Waals surface area contributed by atoms with E-state index in [1.807, 2.05) is 17.2 Å². The molecular formula is C28H35FN6O4S. The summed E-state index contributed by atoms with van der Waals surface area (Å²) in [5, 5.41) is 5.42. The van der Waals surface area contributed by atoms with Gasteiger partial charge < -0.3 is 24.6 Å². The maximum atomic E-state index is 15.0. The molecule has 1 atom stereocenters. The number of pyridine rings is 1. The van der Waals surface area contributed by atoms with E-state index in [0.29, 0.717) is 62.8 Å². The number of sulfone groups is 1. The van der Waals surface area contributed by atoms with Crippen molar-refractivity contribution in [2.75, 3.05) is 66.5 Å². The van der Waals surface area contributed by atoms with E-state index in [0.717, 1.165) is 16.5 Å². The predicted octanol–water partition coefficient (Wildman–Crippen LogP) is 3.66. The molecule has 12 heteroatoms. The molecule has 0 saturated carbocycles. The van der Waals surface area contributed by atoms with Crippen LogP contribution in [0.1, 0.15) is 31.7 Å². The monoisotopic (exact) mass is 570 g/mol. The van der Waals surface area contributed by atoms with Crippen molar-refractivity contribution in [3.05, 3.63) is 42.2 Å². The molecule has 1 spiro atoms. The fourth-order valence-corrected chi connectivity index (χ4v) is 7.01. The molecule has 3 saturated heterocycles. The van der Waals surface area contributed by atoms with Crippen molar-refractivity contribution in [2.45, 2.75) is 38.1 Å². The molecule has 3 aliphatic rings. The number of aromatic nitrogens is 3. The number of ether oxygens (including phenoxy) is 2. The molecule has 6 rings (SSSR count). The Morgan fingerprint density at radius 2 is 1.85 bits per heavy atom. The number of anilines is 4. The number of nitrogens with one attached hydrogen (secondary N) is 1. The van der Waals surface area contributed by atoms with E-state index >= 15 is 0 Å². The summed E-state index contributed by atoms with van der Waals surface area (Å²) in [5.74, 6) is 1.16. The van der Waals surface area contributed by atoms with Crippen molar-refractivity contribution in [1.82, 2.24) is 15.0 Å². The highest BCUT2D eigenvalue weighted by molar-refractivity contribution is 7.90. The van der Waals surface area contributed by atoms with E-state index in [9.17, 15) is 12.8 Å². The Kier molecular flexibility index (Phi) is 7.04. The molecule has 2 aromatic heterocycles. The summed E-state index contributed by atoms with van der Waals surface area (Å²) in [6.45, 7) is 7.19. The van der Waals surface area contributed by atoms with Gasteiger partial charge in [-0.25, -0.2) is 22.8 Å². The SMILES string of the molecule is CC(C)c1ccc(N2CC(CS(C)(=O)=O)C2)c2cnc(Nc3ccnc(N4CCC5(OCCO5)[C@H](F)C4)n3)cc12. The lowest BCUT2D eigenvalue weighted by Crippen LogP contribution is -2.54. The second-order valence-corrected chi connectivity index (χ2v) is 13.5. The molecule has 1 aromatic carbocycles. The molecule has 3 aliphatic heterocycles. The molecule has 0 amide bonds. The van der Waals surface area contributed by atoms with Crippen LogP contribution >= 0.6 is 0 Å². The average Bonchev–Trinajstić information content (AvgIpc) is 3.36. The topological polar surface area (TPSA) is 110 Å². The van der Waals surface area contributed by atoms with Gasteiger partial charge in [-0.15, -0.1) is 0 Å². The lowest BCUT2D eigenvalue weighted by molar-refractivity contribution is -0.207. The van der Waals surface area contributed by atoms with E-state index in [2.05, 4.69) is 51.1 Å². The lowest BCUT2D eigenvalue weighted by atomic mass is 9.93. The molecule has 5 heterocycles. The number of fused-ring (bicyclic) bond motifs is 1. The summed E-state index contributed by atoms with van der Waals surface area (Å²) < 4.78 is 49.6. The summed E-state index contributed by atoms with van der Waals surface area (Å²) >= 11 is 0. The first-order chi connectivity index (χ1) is 19.1. The third-order valence-electron chi connectivity index (χ3n) is 7.92. The first kappa shape index (κ1) is 27.1. The third kappa shape index (κ3) is 5.31. The molecule has 0 bridgehead atoms. The minimum absolute atomic E-state index is 0.0970. The second-order valence-electron chi connectivity index (χ2n) is 11.3. The standard InChI is InChI=1S/C28H35FN6O4S/c1-18(2)20-4-5-23(35-14-19(15-35)17-40(3,36)37)22-13-31-26(12-21(20)22)32-25-6-8-30-27(33-25)34-9-7-28(24(29)16-34)38-10-11-39-28/h4-6,8,12-13,18-19,24H,7,9-11,14-17H2,1-3H3,(H,30,31,32,33)/t24-/m1/s1. The normalized spacial score (nSPS) is 21.4. The number of nitrogens with zero attached hydrogens (tertiary/aromatic N) is 5. The number of benzene rings is 1. The van der Waals surface area contributed by atoms with Crippen LogP contribution in [-0.2, 0) is 19.3 Å². The van der Waals surface area contributed by atoms with E-state index in [-0.39, 0.29) is 18.2 Å². The Morgan fingerprint density at radius 1 is 1.07 bits per heavy atom. The number of hydrogen-bond acceptors (Lipinski definition) is 10. The number of rotatable bonds is 7. The van der Waals surface area contributed by atoms with Gasteiger partial charge in [-0.2, -0.15) is 4.98 Å². The molecule has 0 unspecified atom stereocenters. The summed E-state index contributed by atoms with van der Waals surface area (Å²) in [4.78, 5) is 17.7. The van der Waals surface area contributed by atoms with Crippen molar-refractivity contribution in [1.29, 1.82) is 0 Å². The van der Waals surface area contributed by atoms with Gasteiger partial charge in [0.25, 0.3) is 0 Å². The van der Waals surface area contributed by atoms with Gasteiger partial charge >= 0.3 is 0 Å². The quantitative estimate of drug-likeness (QED) is 0.452. The average molecular weight is 571 g/mol. The van der Waals surface area contributed by atoms with Gasteiger partial charge in [0.1, 0.15) is 21.5 Å². The number of halogens is 1. The van der Waals surface area contributed by atoms with Crippen LogP contribution in [0.2, 0.25) is 0 Å². The number of alkyl halides is 1. The highest BCUT2D eigenvalue weighted by atomic mass is 32.2. The second kappa shape index (κ2) is 10.4. The van der Waals surface area contributed by atoms with Gasteiger partial charge in [-0.3, -0.25) is 0 Å². The van der Waals surface area contributed by atoms with Crippen molar-refractivity contribution in [2.24, 2.45) is 5.92 Å². The molecule has 0 radical (unpaired) electrons.